The fourth-order valence-electron chi connectivity index (χ4n) is 4.44. The summed E-state index contributed by atoms with van der Waals surface area (Å²) in [7, 11) is 0. The van der Waals surface area contributed by atoms with Gasteiger partial charge in [0.1, 0.15) is 31.2 Å². The zero-order chi connectivity index (χ0) is 29.1. The van der Waals surface area contributed by atoms with Crippen LogP contribution in [0.2, 0.25) is 20.1 Å². The van der Waals surface area contributed by atoms with Gasteiger partial charge < -0.3 is 30.4 Å². The summed E-state index contributed by atoms with van der Waals surface area (Å²) in [6.45, 7) is 1.42. The van der Waals surface area contributed by atoms with Gasteiger partial charge in [-0.2, -0.15) is 0 Å². The molecule has 2 aliphatic rings. The zero-order valence-corrected chi connectivity index (χ0v) is 24.5. The second kappa shape index (κ2) is 12.9. The second-order valence-electron chi connectivity index (χ2n) is 9.18. The van der Waals surface area contributed by atoms with Gasteiger partial charge in [0.25, 0.3) is 0 Å². The van der Waals surface area contributed by atoms with E-state index in [-0.39, 0.29) is 18.8 Å². The maximum atomic E-state index is 13.8. The standard InChI is InChI=1S/C15H12Cl2FNO2.C15H13Cl2NO2/c16-11-2-1-3-12(17)14(11)10-4-8(18)5-13-15(10)21-9(6-19)7-20-13;16-11-4-2-5-12(17)14(11)10-3-1-6-13-15(10)20-9(7-18)8-19-13/h1-5,9H,6-7,19H2;1-6,9H,7-8,18H2/t2*9-/m11/s1. The lowest BCUT2D eigenvalue weighted by atomic mass is 10.0. The van der Waals surface area contributed by atoms with Crippen LogP contribution < -0.4 is 30.4 Å². The Morgan fingerprint density at radius 1 is 0.634 bits per heavy atom. The predicted molar refractivity (Wildman–Crippen MR) is 162 cm³/mol. The van der Waals surface area contributed by atoms with Crippen molar-refractivity contribution in [3.05, 3.63) is 92.6 Å². The summed E-state index contributed by atoms with van der Waals surface area (Å²) < 4.78 is 36.7. The number of para-hydroxylation sites is 1. The Balaban J connectivity index is 0.000000165. The van der Waals surface area contributed by atoms with Crippen LogP contribution in [0.25, 0.3) is 22.3 Å². The van der Waals surface area contributed by atoms with Gasteiger partial charge in [0, 0.05) is 41.4 Å². The summed E-state index contributed by atoms with van der Waals surface area (Å²) in [5.74, 6) is 1.61. The highest BCUT2D eigenvalue weighted by molar-refractivity contribution is 6.40. The van der Waals surface area contributed by atoms with E-state index in [0.29, 0.717) is 73.9 Å². The number of hydrogen-bond acceptors (Lipinski definition) is 6. The fourth-order valence-corrected chi connectivity index (χ4v) is 5.64. The molecule has 0 saturated carbocycles. The highest BCUT2D eigenvalue weighted by Gasteiger charge is 2.27. The van der Waals surface area contributed by atoms with Crippen molar-refractivity contribution >= 4 is 46.4 Å². The van der Waals surface area contributed by atoms with Crippen LogP contribution in [-0.4, -0.2) is 38.5 Å². The Hall–Kier alpha value is -2.91. The van der Waals surface area contributed by atoms with Crippen molar-refractivity contribution in [3.63, 3.8) is 0 Å². The highest BCUT2D eigenvalue weighted by atomic mass is 35.5. The van der Waals surface area contributed by atoms with Gasteiger partial charge in [0.05, 0.1) is 20.1 Å². The van der Waals surface area contributed by atoms with E-state index in [1.54, 1.807) is 30.3 Å². The summed E-state index contributed by atoms with van der Waals surface area (Å²) in [5, 5.41) is 1.97. The summed E-state index contributed by atoms with van der Waals surface area (Å²) in [6, 6.07) is 18.8. The third-order valence-electron chi connectivity index (χ3n) is 6.41. The van der Waals surface area contributed by atoms with E-state index < -0.39 is 5.82 Å². The van der Waals surface area contributed by atoms with Crippen molar-refractivity contribution in [2.75, 3.05) is 26.3 Å². The van der Waals surface area contributed by atoms with E-state index in [1.165, 1.54) is 12.1 Å². The molecule has 2 aliphatic heterocycles. The van der Waals surface area contributed by atoms with Gasteiger partial charge in [-0.15, -0.1) is 0 Å². The maximum absolute atomic E-state index is 13.8. The quantitative estimate of drug-likeness (QED) is 0.239. The maximum Gasteiger partial charge on any atom is 0.169 e. The topological polar surface area (TPSA) is 89.0 Å². The molecule has 4 aromatic carbocycles. The number of benzene rings is 4. The third-order valence-corrected chi connectivity index (χ3v) is 7.67. The summed E-state index contributed by atoms with van der Waals surface area (Å²) in [4.78, 5) is 0. The minimum absolute atomic E-state index is 0.162. The van der Waals surface area contributed by atoms with Gasteiger partial charge >= 0.3 is 0 Å². The van der Waals surface area contributed by atoms with Crippen LogP contribution in [0.1, 0.15) is 0 Å². The molecule has 0 amide bonds. The van der Waals surface area contributed by atoms with Crippen LogP contribution in [0.15, 0.2) is 66.7 Å². The van der Waals surface area contributed by atoms with Crippen molar-refractivity contribution in [1.82, 2.24) is 0 Å². The van der Waals surface area contributed by atoms with Crippen molar-refractivity contribution in [2.24, 2.45) is 11.5 Å². The Kier molecular flexibility index (Phi) is 9.34. The minimum atomic E-state index is -0.450. The number of halogens is 5. The van der Waals surface area contributed by atoms with Crippen molar-refractivity contribution in [2.45, 2.75) is 12.2 Å². The Morgan fingerprint density at radius 2 is 1.10 bits per heavy atom. The number of nitrogens with two attached hydrogens (primary N) is 2. The van der Waals surface area contributed by atoms with Crippen LogP contribution in [0.3, 0.4) is 0 Å². The van der Waals surface area contributed by atoms with E-state index in [4.69, 9.17) is 76.8 Å². The van der Waals surface area contributed by atoms with E-state index in [2.05, 4.69) is 0 Å². The van der Waals surface area contributed by atoms with Crippen LogP contribution in [0, 0.1) is 5.82 Å². The van der Waals surface area contributed by atoms with Crippen LogP contribution >= 0.6 is 46.4 Å². The second-order valence-corrected chi connectivity index (χ2v) is 10.8. The molecule has 0 aromatic heterocycles. The first kappa shape index (κ1) is 29.6. The van der Waals surface area contributed by atoms with Crippen molar-refractivity contribution < 1.29 is 23.3 Å². The zero-order valence-electron chi connectivity index (χ0n) is 21.5. The van der Waals surface area contributed by atoms with E-state index in [9.17, 15) is 4.39 Å². The average molecular weight is 638 g/mol. The number of fused-ring (bicyclic) bond motifs is 2. The van der Waals surface area contributed by atoms with Gasteiger partial charge in [-0.25, -0.2) is 4.39 Å². The SMILES string of the molecule is NC[C@@H]1COc2cc(F)cc(-c3c(Cl)cccc3Cl)c2O1.NC[C@@H]1COc2cccc(-c3c(Cl)cccc3Cl)c2O1. The van der Waals surface area contributed by atoms with Crippen LogP contribution in [0.5, 0.6) is 23.0 Å². The van der Waals surface area contributed by atoms with Crippen LogP contribution in [0.4, 0.5) is 4.39 Å². The molecule has 2 heterocycles. The normalized spacial score (nSPS) is 17.0. The molecule has 41 heavy (non-hydrogen) atoms. The van der Waals surface area contributed by atoms with E-state index in [0.717, 1.165) is 11.1 Å². The monoisotopic (exact) mass is 636 g/mol. The molecule has 0 bridgehead atoms. The largest absolute Gasteiger partial charge is 0.486 e. The van der Waals surface area contributed by atoms with Crippen molar-refractivity contribution in [3.8, 4) is 45.3 Å². The van der Waals surface area contributed by atoms with Crippen molar-refractivity contribution in [1.29, 1.82) is 0 Å². The molecule has 11 heteroatoms. The molecular formula is C30H25Cl4FN2O4. The Morgan fingerprint density at radius 3 is 1.63 bits per heavy atom. The molecule has 2 atom stereocenters. The number of ether oxygens (including phenoxy) is 4. The molecule has 6 rings (SSSR count). The van der Waals surface area contributed by atoms with Gasteiger partial charge in [-0.05, 0) is 36.4 Å². The molecule has 4 aromatic rings. The number of hydrogen-bond donors (Lipinski definition) is 2. The number of rotatable bonds is 4. The highest BCUT2D eigenvalue weighted by Crippen LogP contribution is 2.47. The lowest BCUT2D eigenvalue weighted by Crippen LogP contribution is -2.36. The van der Waals surface area contributed by atoms with Gasteiger partial charge in [-0.3, -0.25) is 0 Å². The molecule has 0 fully saturated rings. The lowest BCUT2D eigenvalue weighted by molar-refractivity contribution is 0.0971. The summed E-state index contributed by atoms with van der Waals surface area (Å²) in [6.07, 6.45) is -0.451. The first-order chi connectivity index (χ1) is 19.8. The molecule has 0 spiro atoms. The average Bonchev–Trinajstić information content (AvgIpc) is 2.97. The minimum Gasteiger partial charge on any atom is -0.486 e. The third kappa shape index (κ3) is 6.31. The molecule has 0 radical (unpaired) electrons. The molecule has 6 nitrogen and oxygen atoms in total. The first-order valence-electron chi connectivity index (χ1n) is 12.6. The molecule has 4 N–H and O–H groups in total. The molecule has 0 aliphatic carbocycles. The van der Waals surface area contributed by atoms with Gasteiger partial charge in [0.2, 0.25) is 0 Å². The summed E-state index contributed by atoms with van der Waals surface area (Å²) >= 11 is 24.9. The molecular weight excluding hydrogens is 613 g/mol. The Labute approximate surface area is 256 Å². The molecule has 214 valence electrons. The van der Waals surface area contributed by atoms with Crippen LogP contribution in [-0.2, 0) is 0 Å². The smallest absolute Gasteiger partial charge is 0.169 e. The van der Waals surface area contributed by atoms with E-state index in [1.807, 2.05) is 24.3 Å². The molecule has 0 saturated heterocycles. The van der Waals surface area contributed by atoms with Gasteiger partial charge in [-0.1, -0.05) is 70.7 Å². The molecule has 0 unspecified atom stereocenters. The Bertz CT molecular complexity index is 1530. The van der Waals surface area contributed by atoms with E-state index >= 15 is 0 Å². The fraction of sp³-hybridized carbons (Fsp3) is 0.200. The predicted octanol–water partition coefficient (Wildman–Crippen LogP) is 7.66. The summed E-state index contributed by atoms with van der Waals surface area (Å²) in [5.41, 5.74) is 13.8. The van der Waals surface area contributed by atoms with Gasteiger partial charge in [0.15, 0.2) is 23.0 Å². The lowest BCUT2D eigenvalue weighted by Gasteiger charge is -2.28. The first-order valence-corrected chi connectivity index (χ1v) is 14.2.